The van der Waals surface area contributed by atoms with Crippen LogP contribution in [0.25, 0.3) is 0 Å². The number of hydrogen-bond donors (Lipinski definition) is 1. The third-order valence-electron chi connectivity index (χ3n) is 3.52. The van der Waals surface area contributed by atoms with Crippen molar-refractivity contribution in [2.75, 3.05) is 12.3 Å². The smallest absolute Gasteiger partial charge is 0.212 e. The lowest BCUT2D eigenvalue weighted by atomic mass is 10.1. The summed E-state index contributed by atoms with van der Waals surface area (Å²) in [7, 11) is 0. The van der Waals surface area contributed by atoms with E-state index in [-0.39, 0.29) is 0 Å². The van der Waals surface area contributed by atoms with Gasteiger partial charge >= 0.3 is 0 Å². The molecular weight excluding hydrogens is 362 g/mol. The second kappa shape index (κ2) is 7.39. The predicted octanol–water partition coefficient (Wildman–Crippen LogP) is 3.07. The lowest BCUT2D eigenvalue weighted by Crippen LogP contribution is -2.14. The minimum atomic E-state index is 0.750. The van der Waals surface area contributed by atoms with Gasteiger partial charge in [-0.05, 0) is 37.1 Å². The Balaban J connectivity index is 1.78. The number of hydrogen-bond acceptors (Lipinski definition) is 5. The Morgan fingerprint density at radius 3 is 2.73 bits per heavy atom. The van der Waals surface area contributed by atoms with Gasteiger partial charge in [0.25, 0.3) is 0 Å². The van der Waals surface area contributed by atoms with Gasteiger partial charge < -0.3 is 5.73 Å². The summed E-state index contributed by atoms with van der Waals surface area (Å²) in [6, 6.07) is 8.25. The van der Waals surface area contributed by atoms with Gasteiger partial charge in [0.15, 0.2) is 5.82 Å². The molecule has 1 aliphatic heterocycles. The molecular formula is C15H18BrN5S. The molecule has 0 radical (unpaired) electrons. The summed E-state index contributed by atoms with van der Waals surface area (Å²) in [6.45, 7) is 0.750. The number of aromatic nitrogens is 3. The van der Waals surface area contributed by atoms with E-state index in [0.717, 1.165) is 64.7 Å². The molecule has 0 bridgehead atoms. The quantitative estimate of drug-likeness (QED) is 0.782. The summed E-state index contributed by atoms with van der Waals surface area (Å²) in [4.78, 5) is 0. The fourth-order valence-corrected chi connectivity index (χ4v) is 3.43. The summed E-state index contributed by atoms with van der Waals surface area (Å²) < 4.78 is 2.97. The normalized spacial score (nSPS) is 13.8. The fourth-order valence-electron chi connectivity index (χ4n) is 2.31. The Morgan fingerprint density at radius 1 is 1.14 bits per heavy atom. The van der Waals surface area contributed by atoms with E-state index < -0.39 is 0 Å². The van der Waals surface area contributed by atoms with Gasteiger partial charge in [-0.1, -0.05) is 46.2 Å². The minimum absolute atomic E-state index is 0.750. The number of nitrogens with zero attached hydrogens (tertiary/aromatic N) is 4. The third-order valence-corrected chi connectivity index (χ3v) is 4.98. The Hall–Kier alpha value is -1.18. The van der Waals surface area contributed by atoms with Crippen LogP contribution in [0, 0.1) is 0 Å². The van der Waals surface area contributed by atoms with E-state index >= 15 is 0 Å². The number of aryl methyl sites for hydroxylation is 1. The van der Waals surface area contributed by atoms with Gasteiger partial charge in [-0.15, -0.1) is 10.2 Å². The van der Waals surface area contributed by atoms with Gasteiger partial charge in [-0.25, -0.2) is 0 Å². The van der Waals surface area contributed by atoms with Crippen LogP contribution in [0.3, 0.4) is 0 Å². The molecule has 1 aliphatic rings. The van der Waals surface area contributed by atoms with Gasteiger partial charge in [-0.3, -0.25) is 0 Å². The summed E-state index contributed by atoms with van der Waals surface area (Å²) in [5.41, 5.74) is 7.74. The first-order valence-electron chi connectivity index (χ1n) is 7.39. The second-order valence-corrected chi connectivity index (χ2v) is 7.01. The zero-order chi connectivity index (χ0) is 15.4. The molecule has 7 heteroatoms. The molecule has 22 heavy (non-hydrogen) atoms. The first kappa shape index (κ1) is 15.7. The average molecular weight is 380 g/mol. The summed E-state index contributed by atoms with van der Waals surface area (Å²) >= 11 is 5.15. The lowest BCUT2D eigenvalue weighted by Gasteiger charge is -2.14. The molecule has 0 aliphatic carbocycles. The predicted molar refractivity (Wildman–Crippen MR) is 93.4 cm³/mol. The number of thioether (sulfide) groups is 1. The van der Waals surface area contributed by atoms with Crippen molar-refractivity contribution in [2.24, 2.45) is 10.8 Å². The van der Waals surface area contributed by atoms with Crippen LogP contribution in [0.15, 0.2) is 39.0 Å². The lowest BCUT2D eigenvalue weighted by molar-refractivity contribution is 0.635. The van der Waals surface area contributed by atoms with E-state index in [2.05, 4.69) is 38.3 Å². The van der Waals surface area contributed by atoms with Crippen LogP contribution in [0.1, 0.15) is 30.7 Å². The molecule has 0 spiro atoms. The van der Waals surface area contributed by atoms with E-state index in [1.54, 1.807) is 11.8 Å². The molecule has 2 heterocycles. The van der Waals surface area contributed by atoms with Crippen molar-refractivity contribution in [3.63, 3.8) is 0 Å². The highest BCUT2D eigenvalue weighted by Crippen LogP contribution is 2.25. The third kappa shape index (κ3) is 3.59. The Morgan fingerprint density at radius 2 is 1.95 bits per heavy atom. The number of nitrogens with two attached hydrogens (primary N) is 1. The van der Waals surface area contributed by atoms with Gasteiger partial charge in [0, 0.05) is 16.6 Å². The van der Waals surface area contributed by atoms with Crippen LogP contribution in [0.2, 0.25) is 0 Å². The van der Waals surface area contributed by atoms with Crippen molar-refractivity contribution < 1.29 is 0 Å². The fraction of sp³-hybridized carbons (Fsp3) is 0.400. The number of unbranched alkanes of at least 4 members (excludes halogenated alkanes) is 2. The van der Waals surface area contributed by atoms with Gasteiger partial charge in [-0.2, -0.15) is 9.78 Å². The van der Waals surface area contributed by atoms with E-state index in [1.165, 1.54) is 0 Å². The van der Waals surface area contributed by atoms with Crippen LogP contribution >= 0.6 is 27.7 Å². The van der Waals surface area contributed by atoms with Crippen molar-refractivity contribution in [1.29, 1.82) is 0 Å². The van der Waals surface area contributed by atoms with Crippen molar-refractivity contribution in [3.8, 4) is 0 Å². The van der Waals surface area contributed by atoms with Gasteiger partial charge in [0.1, 0.15) is 0 Å². The highest BCUT2D eigenvalue weighted by Gasteiger charge is 2.19. The maximum absolute atomic E-state index is 5.53. The SMILES string of the molecule is NCCCCCc1nnc2n1N=C(c1ccc(Br)cc1)CS2. The maximum Gasteiger partial charge on any atom is 0.212 e. The molecule has 5 nitrogen and oxygen atoms in total. The number of rotatable bonds is 6. The first-order valence-corrected chi connectivity index (χ1v) is 9.17. The number of benzene rings is 1. The zero-order valence-electron chi connectivity index (χ0n) is 12.2. The Kier molecular flexibility index (Phi) is 5.28. The Labute approximate surface area is 142 Å². The van der Waals surface area contributed by atoms with E-state index in [4.69, 9.17) is 10.8 Å². The monoisotopic (exact) mass is 379 g/mol. The molecule has 0 amide bonds. The van der Waals surface area contributed by atoms with Crippen LogP contribution in [-0.4, -0.2) is 32.9 Å². The molecule has 1 aromatic carbocycles. The standard InChI is InChI=1S/C15H18BrN5S/c16-12-7-5-11(6-8-12)13-10-22-15-19-18-14(21(15)20-13)4-2-1-3-9-17/h5-8H,1-4,9-10,17H2. The van der Waals surface area contributed by atoms with E-state index in [1.807, 2.05) is 16.8 Å². The molecule has 0 unspecified atom stereocenters. The molecule has 0 saturated carbocycles. The van der Waals surface area contributed by atoms with Crippen LogP contribution in [0.4, 0.5) is 0 Å². The molecule has 1 aromatic heterocycles. The van der Waals surface area contributed by atoms with Crippen molar-refractivity contribution in [1.82, 2.24) is 14.9 Å². The summed E-state index contributed by atoms with van der Waals surface area (Å²) in [5, 5.41) is 14.2. The second-order valence-electron chi connectivity index (χ2n) is 5.15. The van der Waals surface area contributed by atoms with E-state index in [0.29, 0.717) is 0 Å². The molecule has 2 aromatic rings. The molecule has 2 N–H and O–H groups in total. The minimum Gasteiger partial charge on any atom is -0.330 e. The average Bonchev–Trinajstić information content (AvgIpc) is 2.95. The molecule has 0 atom stereocenters. The largest absolute Gasteiger partial charge is 0.330 e. The van der Waals surface area contributed by atoms with Crippen LogP contribution < -0.4 is 5.73 Å². The molecule has 0 fully saturated rings. The topological polar surface area (TPSA) is 69.1 Å². The van der Waals surface area contributed by atoms with Gasteiger partial charge in [0.2, 0.25) is 5.16 Å². The summed E-state index contributed by atoms with van der Waals surface area (Å²) in [6.07, 6.45) is 4.14. The maximum atomic E-state index is 5.53. The van der Waals surface area contributed by atoms with Crippen molar-refractivity contribution in [3.05, 3.63) is 40.1 Å². The molecule has 0 saturated heterocycles. The van der Waals surface area contributed by atoms with Crippen LogP contribution in [-0.2, 0) is 6.42 Å². The van der Waals surface area contributed by atoms with Gasteiger partial charge in [0.05, 0.1) is 5.71 Å². The number of halogens is 1. The zero-order valence-corrected chi connectivity index (χ0v) is 14.6. The Bertz CT molecular complexity index is 665. The first-order chi connectivity index (χ1) is 10.8. The van der Waals surface area contributed by atoms with Crippen molar-refractivity contribution >= 4 is 33.4 Å². The highest BCUT2D eigenvalue weighted by molar-refractivity contribution is 9.10. The number of fused-ring (bicyclic) bond motifs is 1. The van der Waals surface area contributed by atoms with Crippen LogP contribution in [0.5, 0.6) is 0 Å². The van der Waals surface area contributed by atoms with E-state index in [9.17, 15) is 0 Å². The van der Waals surface area contributed by atoms with Crippen molar-refractivity contribution in [2.45, 2.75) is 30.8 Å². The highest BCUT2D eigenvalue weighted by atomic mass is 79.9. The summed E-state index contributed by atoms with van der Waals surface area (Å²) in [5.74, 6) is 1.77. The molecule has 3 rings (SSSR count). The molecule has 116 valence electrons.